The molecule has 1 unspecified atom stereocenters. The average molecular weight is 300 g/mol. The minimum Gasteiger partial charge on any atom is -0.383 e. The summed E-state index contributed by atoms with van der Waals surface area (Å²) in [6.07, 6.45) is 2.63. The Kier molecular flexibility index (Phi) is 5.29. The van der Waals surface area contributed by atoms with Crippen molar-refractivity contribution in [3.8, 4) is 0 Å². The highest BCUT2D eigenvalue weighted by molar-refractivity contribution is 9.10. The molecule has 0 radical (unpaired) electrons. The van der Waals surface area contributed by atoms with Gasteiger partial charge in [-0.3, -0.25) is 0 Å². The standard InChI is InChI=1S/C13H18BrNO2/c14-11-3-5-12(6-4-11)15-7-9-16-10-13-2-1-8-17-13/h3-6,13,15H,1-2,7-10H2. The third kappa shape index (κ3) is 4.66. The summed E-state index contributed by atoms with van der Waals surface area (Å²) in [7, 11) is 0. The van der Waals surface area contributed by atoms with Crippen LogP contribution >= 0.6 is 15.9 Å². The fourth-order valence-corrected chi connectivity index (χ4v) is 2.09. The van der Waals surface area contributed by atoms with Crippen molar-refractivity contribution >= 4 is 21.6 Å². The first-order chi connectivity index (χ1) is 8.34. The van der Waals surface area contributed by atoms with Crippen LogP contribution in [-0.2, 0) is 9.47 Å². The van der Waals surface area contributed by atoms with Gasteiger partial charge in [0.25, 0.3) is 0 Å². The van der Waals surface area contributed by atoms with E-state index in [0.717, 1.165) is 42.9 Å². The number of benzene rings is 1. The third-order valence-corrected chi connectivity index (χ3v) is 3.28. The van der Waals surface area contributed by atoms with Crippen LogP contribution in [0.4, 0.5) is 5.69 Å². The van der Waals surface area contributed by atoms with E-state index in [2.05, 4.69) is 21.2 Å². The van der Waals surface area contributed by atoms with Crippen LogP contribution in [-0.4, -0.2) is 32.5 Å². The van der Waals surface area contributed by atoms with Gasteiger partial charge in [0, 0.05) is 23.3 Å². The van der Waals surface area contributed by atoms with Crippen molar-refractivity contribution in [3.05, 3.63) is 28.7 Å². The molecule has 1 heterocycles. The zero-order chi connectivity index (χ0) is 11.9. The smallest absolute Gasteiger partial charge is 0.0809 e. The predicted molar refractivity (Wildman–Crippen MR) is 72.4 cm³/mol. The summed E-state index contributed by atoms with van der Waals surface area (Å²) in [6.45, 7) is 3.16. The topological polar surface area (TPSA) is 30.5 Å². The van der Waals surface area contributed by atoms with Crippen molar-refractivity contribution in [2.45, 2.75) is 18.9 Å². The fourth-order valence-electron chi connectivity index (χ4n) is 1.83. The van der Waals surface area contributed by atoms with Gasteiger partial charge in [-0.15, -0.1) is 0 Å². The van der Waals surface area contributed by atoms with Gasteiger partial charge in [-0.2, -0.15) is 0 Å². The van der Waals surface area contributed by atoms with Gasteiger partial charge < -0.3 is 14.8 Å². The molecule has 0 spiro atoms. The first-order valence-electron chi connectivity index (χ1n) is 6.03. The molecule has 94 valence electrons. The third-order valence-electron chi connectivity index (χ3n) is 2.75. The van der Waals surface area contributed by atoms with Gasteiger partial charge in [-0.25, -0.2) is 0 Å². The van der Waals surface area contributed by atoms with Crippen molar-refractivity contribution in [1.82, 2.24) is 0 Å². The molecule has 0 aliphatic carbocycles. The lowest BCUT2D eigenvalue weighted by molar-refractivity contribution is 0.0206. The van der Waals surface area contributed by atoms with E-state index < -0.39 is 0 Å². The van der Waals surface area contributed by atoms with Crippen LogP contribution in [0, 0.1) is 0 Å². The predicted octanol–water partition coefficient (Wildman–Crippen LogP) is 3.06. The Morgan fingerprint density at radius 1 is 1.35 bits per heavy atom. The Balaban J connectivity index is 1.55. The molecule has 0 bridgehead atoms. The highest BCUT2D eigenvalue weighted by Gasteiger charge is 2.14. The van der Waals surface area contributed by atoms with Crippen molar-refractivity contribution < 1.29 is 9.47 Å². The van der Waals surface area contributed by atoms with Gasteiger partial charge >= 0.3 is 0 Å². The second-order valence-corrected chi connectivity index (χ2v) is 5.06. The first kappa shape index (κ1) is 12.9. The summed E-state index contributed by atoms with van der Waals surface area (Å²) < 4.78 is 12.1. The maximum atomic E-state index is 5.57. The molecule has 4 heteroatoms. The molecule has 1 aromatic rings. The van der Waals surface area contributed by atoms with Gasteiger partial charge in [-0.05, 0) is 37.1 Å². The SMILES string of the molecule is Brc1ccc(NCCOCC2CCCO2)cc1. The Labute approximate surface area is 111 Å². The van der Waals surface area contributed by atoms with Crippen LogP contribution in [0.15, 0.2) is 28.7 Å². The molecule has 1 atom stereocenters. The lowest BCUT2D eigenvalue weighted by Gasteiger charge is -2.11. The van der Waals surface area contributed by atoms with Crippen molar-refractivity contribution in [3.63, 3.8) is 0 Å². The Hall–Kier alpha value is -0.580. The van der Waals surface area contributed by atoms with Crippen molar-refractivity contribution in [2.75, 3.05) is 31.7 Å². The molecule has 0 amide bonds. The van der Waals surface area contributed by atoms with Gasteiger partial charge in [0.1, 0.15) is 0 Å². The van der Waals surface area contributed by atoms with Gasteiger partial charge in [0.15, 0.2) is 0 Å². The molecule has 0 aromatic heterocycles. The largest absolute Gasteiger partial charge is 0.383 e. The van der Waals surface area contributed by atoms with Crippen LogP contribution in [0.3, 0.4) is 0 Å². The molecule has 1 fully saturated rings. The normalized spacial score (nSPS) is 19.5. The minimum atomic E-state index is 0.322. The van der Waals surface area contributed by atoms with E-state index in [0.29, 0.717) is 6.10 Å². The van der Waals surface area contributed by atoms with Crippen LogP contribution in [0.5, 0.6) is 0 Å². The molecule has 17 heavy (non-hydrogen) atoms. The zero-order valence-electron chi connectivity index (χ0n) is 9.82. The summed E-state index contributed by atoms with van der Waals surface area (Å²) in [4.78, 5) is 0. The van der Waals surface area contributed by atoms with E-state index in [9.17, 15) is 0 Å². The van der Waals surface area contributed by atoms with Crippen LogP contribution in [0.1, 0.15) is 12.8 Å². The van der Waals surface area contributed by atoms with E-state index in [1.54, 1.807) is 0 Å². The summed E-state index contributed by atoms with van der Waals surface area (Å²) >= 11 is 3.41. The lowest BCUT2D eigenvalue weighted by Crippen LogP contribution is -2.17. The van der Waals surface area contributed by atoms with Gasteiger partial charge in [-0.1, -0.05) is 15.9 Å². The Morgan fingerprint density at radius 3 is 2.88 bits per heavy atom. The summed E-state index contributed by atoms with van der Waals surface area (Å²) in [5, 5.41) is 3.31. The number of anilines is 1. The Bertz CT molecular complexity index is 323. The summed E-state index contributed by atoms with van der Waals surface area (Å²) in [5.74, 6) is 0. The van der Waals surface area contributed by atoms with Gasteiger partial charge in [0.2, 0.25) is 0 Å². The molecule has 1 N–H and O–H groups in total. The molecule has 1 aliphatic rings. The number of ether oxygens (including phenoxy) is 2. The monoisotopic (exact) mass is 299 g/mol. The van der Waals surface area contributed by atoms with Crippen LogP contribution < -0.4 is 5.32 Å². The van der Waals surface area contributed by atoms with Crippen molar-refractivity contribution in [1.29, 1.82) is 0 Å². The number of rotatable bonds is 6. The van der Waals surface area contributed by atoms with E-state index in [1.807, 2.05) is 24.3 Å². The molecule has 1 aromatic carbocycles. The Morgan fingerprint density at radius 2 is 2.18 bits per heavy atom. The fraction of sp³-hybridized carbons (Fsp3) is 0.538. The highest BCUT2D eigenvalue weighted by Crippen LogP contribution is 2.14. The number of hydrogen-bond donors (Lipinski definition) is 1. The maximum absolute atomic E-state index is 5.57. The molecule has 3 nitrogen and oxygen atoms in total. The van der Waals surface area contributed by atoms with Crippen molar-refractivity contribution in [2.24, 2.45) is 0 Å². The molecule has 0 saturated carbocycles. The van der Waals surface area contributed by atoms with Crippen LogP contribution in [0.25, 0.3) is 0 Å². The number of hydrogen-bond acceptors (Lipinski definition) is 3. The highest BCUT2D eigenvalue weighted by atomic mass is 79.9. The van der Waals surface area contributed by atoms with Crippen LogP contribution in [0.2, 0.25) is 0 Å². The average Bonchev–Trinajstić information content (AvgIpc) is 2.84. The first-order valence-corrected chi connectivity index (χ1v) is 6.83. The summed E-state index contributed by atoms with van der Waals surface area (Å²) in [5.41, 5.74) is 1.12. The molecular weight excluding hydrogens is 282 g/mol. The zero-order valence-corrected chi connectivity index (χ0v) is 11.4. The lowest BCUT2D eigenvalue weighted by atomic mass is 10.2. The molecule has 1 aliphatic heterocycles. The van der Waals surface area contributed by atoms with Gasteiger partial charge in [0.05, 0.1) is 19.3 Å². The second kappa shape index (κ2) is 6.99. The van der Waals surface area contributed by atoms with E-state index in [-0.39, 0.29) is 0 Å². The molecule has 1 saturated heterocycles. The van der Waals surface area contributed by atoms with E-state index >= 15 is 0 Å². The second-order valence-electron chi connectivity index (χ2n) is 4.14. The molecular formula is C13H18BrNO2. The summed E-state index contributed by atoms with van der Waals surface area (Å²) in [6, 6.07) is 8.14. The quantitative estimate of drug-likeness (QED) is 0.819. The van der Waals surface area contributed by atoms with E-state index in [4.69, 9.17) is 9.47 Å². The number of nitrogens with one attached hydrogen (secondary N) is 1. The maximum Gasteiger partial charge on any atom is 0.0809 e. The number of halogens is 1. The van der Waals surface area contributed by atoms with E-state index in [1.165, 1.54) is 6.42 Å². The minimum absolute atomic E-state index is 0.322. The molecule has 2 rings (SSSR count).